The van der Waals surface area contributed by atoms with E-state index in [4.69, 9.17) is 0 Å². The fourth-order valence-corrected chi connectivity index (χ4v) is 2.33. The molecule has 0 aliphatic heterocycles. The molecule has 1 aromatic rings. The molecule has 0 N–H and O–H groups in total. The number of aromatic nitrogens is 1. The summed E-state index contributed by atoms with van der Waals surface area (Å²) in [6, 6.07) is 4.33. The summed E-state index contributed by atoms with van der Waals surface area (Å²) in [4.78, 5) is 4.45. The molecule has 0 bridgehead atoms. The van der Waals surface area contributed by atoms with Crippen molar-refractivity contribution in [2.75, 3.05) is 0 Å². The van der Waals surface area contributed by atoms with Crippen molar-refractivity contribution in [2.45, 2.75) is 39.0 Å². The molecule has 13 heavy (non-hydrogen) atoms. The molecule has 0 spiro atoms. The molecule has 1 heteroatoms. The Morgan fingerprint density at radius 2 is 2.31 bits per heavy atom. The average molecular weight is 175 g/mol. The maximum Gasteiger partial charge on any atom is 0.0438 e. The molecule has 0 fully saturated rings. The lowest BCUT2D eigenvalue weighted by molar-refractivity contribution is 0.429. The molecule has 0 amide bonds. The van der Waals surface area contributed by atoms with Crippen LogP contribution in [0.25, 0.3) is 0 Å². The first-order valence-electron chi connectivity index (χ1n) is 5.23. The third kappa shape index (κ3) is 1.60. The highest BCUT2D eigenvalue weighted by Crippen LogP contribution is 2.35. The maximum atomic E-state index is 4.45. The minimum Gasteiger partial charge on any atom is -0.261 e. The van der Waals surface area contributed by atoms with E-state index in [-0.39, 0.29) is 0 Å². The van der Waals surface area contributed by atoms with Crippen molar-refractivity contribution in [1.29, 1.82) is 0 Å². The lowest BCUT2D eigenvalue weighted by Gasteiger charge is -2.27. The second-order valence-corrected chi connectivity index (χ2v) is 4.28. The highest BCUT2D eigenvalue weighted by Gasteiger charge is 2.22. The smallest absolute Gasteiger partial charge is 0.0438 e. The fraction of sp³-hybridized carbons (Fsp3) is 0.583. The zero-order chi connectivity index (χ0) is 9.26. The van der Waals surface area contributed by atoms with Gasteiger partial charge in [0.05, 0.1) is 0 Å². The van der Waals surface area contributed by atoms with Gasteiger partial charge in [-0.2, -0.15) is 0 Å². The zero-order valence-corrected chi connectivity index (χ0v) is 8.46. The summed E-state index contributed by atoms with van der Waals surface area (Å²) < 4.78 is 0. The second kappa shape index (κ2) is 3.49. The quantitative estimate of drug-likeness (QED) is 0.639. The zero-order valence-electron chi connectivity index (χ0n) is 8.46. The lowest BCUT2D eigenvalue weighted by Crippen LogP contribution is -2.15. The van der Waals surface area contributed by atoms with Crippen molar-refractivity contribution in [1.82, 2.24) is 4.98 Å². The van der Waals surface area contributed by atoms with Crippen LogP contribution in [0.1, 0.15) is 43.9 Å². The summed E-state index contributed by atoms with van der Waals surface area (Å²) in [7, 11) is 0. The molecule has 0 radical (unpaired) electrons. The number of aryl methyl sites for hydroxylation is 1. The lowest BCUT2D eigenvalue weighted by atomic mass is 9.79. The van der Waals surface area contributed by atoms with Gasteiger partial charge in [-0.3, -0.25) is 4.98 Å². The normalized spacial score (nSPS) is 21.6. The third-order valence-corrected chi connectivity index (χ3v) is 3.06. The number of rotatable bonds is 1. The van der Waals surface area contributed by atoms with Gasteiger partial charge >= 0.3 is 0 Å². The summed E-state index contributed by atoms with van der Waals surface area (Å²) in [5, 5.41) is 0. The summed E-state index contributed by atoms with van der Waals surface area (Å²) in [6.45, 7) is 4.62. The van der Waals surface area contributed by atoms with Crippen LogP contribution >= 0.6 is 0 Å². The van der Waals surface area contributed by atoms with Crippen LogP contribution in [0.15, 0.2) is 18.3 Å². The van der Waals surface area contributed by atoms with Crippen molar-refractivity contribution in [2.24, 2.45) is 5.92 Å². The molecule has 70 valence electrons. The summed E-state index contributed by atoms with van der Waals surface area (Å²) in [5.41, 5.74) is 2.84. The molecular weight excluding hydrogens is 158 g/mol. The first-order valence-corrected chi connectivity index (χ1v) is 5.23. The van der Waals surface area contributed by atoms with Gasteiger partial charge in [-0.15, -0.1) is 0 Å². The SMILES string of the molecule is CC(C)[C@H]1CCCc2ncccc21. The van der Waals surface area contributed by atoms with E-state index in [1.54, 1.807) is 0 Å². The van der Waals surface area contributed by atoms with Crippen molar-refractivity contribution >= 4 is 0 Å². The van der Waals surface area contributed by atoms with Gasteiger partial charge in [-0.25, -0.2) is 0 Å². The molecule has 0 saturated carbocycles. The second-order valence-electron chi connectivity index (χ2n) is 4.28. The Labute approximate surface area is 80.2 Å². The number of nitrogens with zero attached hydrogens (tertiary/aromatic N) is 1. The van der Waals surface area contributed by atoms with Crippen LogP contribution < -0.4 is 0 Å². The molecular formula is C12H17N. The van der Waals surface area contributed by atoms with Crippen LogP contribution in [0.2, 0.25) is 0 Å². The molecule has 1 aliphatic carbocycles. The van der Waals surface area contributed by atoms with Gasteiger partial charge in [0, 0.05) is 11.9 Å². The number of hydrogen-bond donors (Lipinski definition) is 0. The molecule has 0 saturated heterocycles. The fourth-order valence-electron chi connectivity index (χ4n) is 2.33. The minimum absolute atomic E-state index is 0.748. The highest BCUT2D eigenvalue weighted by molar-refractivity contribution is 5.27. The first-order chi connectivity index (χ1) is 6.29. The van der Waals surface area contributed by atoms with E-state index in [9.17, 15) is 0 Å². The Hall–Kier alpha value is -0.850. The van der Waals surface area contributed by atoms with E-state index in [0.717, 1.165) is 11.8 Å². The predicted molar refractivity (Wildman–Crippen MR) is 54.8 cm³/mol. The first kappa shape index (κ1) is 8.74. The van der Waals surface area contributed by atoms with Crippen molar-refractivity contribution in [3.63, 3.8) is 0 Å². The van der Waals surface area contributed by atoms with Crippen LogP contribution in [0, 0.1) is 5.92 Å². The topological polar surface area (TPSA) is 12.9 Å². The highest BCUT2D eigenvalue weighted by atomic mass is 14.7. The number of fused-ring (bicyclic) bond motifs is 1. The largest absolute Gasteiger partial charge is 0.261 e. The molecule has 1 aromatic heterocycles. The van der Waals surface area contributed by atoms with Crippen LogP contribution in [0.3, 0.4) is 0 Å². The average Bonchev–Trinajstić information content (AvgIpc) is 2.17. The summed E-state index contributed by atoms with van der Waals surface area (Å²) >= 11 is 0. The Morgan fingerprint density at radius 3 is 3.08 bits per heavy atom. The van der Waals surface area contributed by atoms with E-state index in [0.29, 0.717) is 0 Å². The van der Waals surface area contributed by atoms with E-state index in [1.807, 2.05) is 6.20 Å². The van der Waals surface area contributed by atoms with Crippen molar-refractivity contribution in [3.05, 3.63) is 29.6 Å². The van der Waals surface area contributed by atoms with Crippen LogP contribution in [0.4, 0.5) is 0 Å². The van der Waals surface area contributed by atoms with Crippen molar-refractivity contribution < 1.29 is 0 Å². The monoisotopic (exact) mass is 175 g/mol. The summed E-state index contributed by atoms with van der Waals surface area (Å²) in [6.07, 6.45) is 5.75. The molecule has 1 aliphatic rings. The predicted octanol–water partition coefficient (Wildman–Crippen LogP) is 3.16. The minimum atomic E-state index is 0.748. The third-order valence-electron chi connectivity index (χ3n) is 3.06. The standard InChI is InChI=1S/C12H17N/c1-9(2)10-5-3-7-12-11(10)6-4-8-13-12/h4,6,8-10H,3,5,7H2,1-2H3/t10-/m1/s1. The van der Waals surface area contributed by atoms with E-state index in [1.165, 1.54) is 30.5 Å². The maximum absolute atomic E-state index is 4.45. The van der Waals surface area contributed by atoms with Gasteiger partial charge in [-0.1, -0.05) is 19.9 Å². The molecule has 2 rings (SSSR count). The van der Waals surface area contributed by atoms with Gasteiger partial charge in [0.2, 0.25) is 0 Å². The Kier molecular flexibility index (Phi) is 2.34. The van der Waals surface area contributed by atoms with E-state index in [2.05, 4.69) is 31.0 Å². The number of pyridine rings is 1. The van der Waals surface area contributed by atoms with Gasteiger partial charge in [0.25, 0.3) is 0 Å². The Morgan fingerprint density at radius 1 is 1.46 bits per heavy atom. The molecule has 0 unspecified atom stereocenters. The van der Waals surface area contributed by atoms with Crippen LogP contribution in [-0.2, 0) is 6.42 Å². The van der Waals surface area contributed by atoms with Crippen molar-refractivity contribution in [3.8, 4) is 0 Å². The molecule has 1 heterocycles. The molecule has 1 atom stereocenters. The number of hydrogen-bond acceptors (Lipinski definition) is 1. The van der Waals surface area contributed by atoms with Crippen LogP contribution in [0.5, 0.6) is 0 Å². The van der Waals surface area contributed by atoms with E-state index < -0.39 is 0 Å². The van der Waals surface area contributed by atoms with Gasteiger partial charge in [-0.05, 0) is 42.7 Å². The van der Waals surface area contributed by atoms with E-state index >= 15 is 0 Å². The molecule has 0 aromatic carbocycles. The van der Waals surface area contributed by atoms with Gasteiger partial charge in [0.1, 0.15) is 0 Å². The molecule has 1 nitrogen and oxygen atoms in total. The van der Waals surface area contributed by atoms with Crippen LogP contribution in [-0.4, -0.2) is 4.98 Å². The Balaban J connectivity index is 2.37. The van der Waals surface area contributed by atoms with Gasteiger partial charge < -0.3 is 0 Å². The summed E-state index contributed by atoms with van der Waals surface area (Å²) in [5.74, 6) is 1.50. The Bertz CT molecular complexity index is 291. The van der Waals surface area contributed by atoms with Gasteiger partial charge in [0.15, 0.2) is 0 Å².